The molecule has 1 aromatic heterocycles. The molecule has 130 valence electrons. The summed E-state index contributed by atoms with van der Waals surface area (Å²) >= 11 is 0. The molecule has 8 heteroatoms. The summed E-state index contributed by atoms with van der Waals surface area (Å²) in [7, 11) is 1.29. The molecule has 1 atom stereocenters. The Morgan fingerprint density at radius 3 is 2.88 bits per heavy atom. The predicted octanol–water partition coefficient (Wildman–Crippen LogP) is 1.32. The van der Waals surface area contributed by atoms with Crippen molar-refractivity contribution in [3.63, 3.8) is 0 Å². The fourth-order valence-corrected chi connectivity index (χ4v) is 2.67. The number of hydrogen-bond donors (Lipinski definition) is 2. The maximum Gasteiger partial charge on any atom is 0.306 e. The van der Waals surface area contributed by atoms with Gasteiger partial charge in [-0.3, -0.25) is 25.2 Å². The average molecular weight is 341 g/mol. The lowest BCUT2D eigenvalue weighted by molar-refractivity contribution is -0.143. The van der Waals surface area contributed by atoms with Crippen LogP contribution in [0.15, 0.2) is 23.2 Å². The van der Waals surface area contributed by atoms with Crippen LogP contribution in [0.4, 0.5) is 5.95 Å². The highest BCUT2D eigenvalue weighted by Crippen LogP contribution is 2.20. The number of anilines is 1. The van der Waals surface area contributed by atoms with Gasteiger partial charge in [-0.1, -0.05) is 18.2 Å². The topological polar surface area (TPSA) is 106 Å². The number of guanidine groups is 1. The number of nitrogens with one attached hydrogen (secondary N) is 2. The molecule has 25 heavy (non-hydrogen) atoms. The normalized spacial score (nSPS) is 17.0. The molecular formula is C17H19N5O3. The highest BCUT2D eigenvalue weighted by Gasteiger charge is 2.27. The van der Waals surface area contributed by atoms with Crippen LogP contribution in [0.3, 0.4) is 0 Å². The van der Waals surface area contributed by atoms with Gasteiger partial charge in [-0.05, 0) is 19.4 Å². The van der Waals surface area contributed by atoms with Crippen LogP contribution < -0.4 is 10.6 Å². The minimum absolute atomic E-state index is 0.00386. The maximum absolute atomic E-state index is 12.1. The van der Waals surface area contributed by atoms with Crippen molar-refractivity contribution in [2.24, 2.45) is 10.9 Å². The lowest BCUT2D eigenvalue weighted by Gasteiger charge is -2.21. The smallest absolute Gasteiger partial charge is 0.306 e. The molecule has 2 heterocycles. The quantitative estimate of drug-likeness (QED) is 0.816. The third kappa shape index (κ3) is 3.57. The minimum Gasteiger partial charge on any atom is -0.469 e. The van der Waals surface area contributed by atoms with E-state index in [4.69, 9.17) is 0 Å². The first-order valence-electron chi connectivity index (χ1n) is 7.91. The average Bonchev–Trinajstić information content (AvgIpc) is 2.58. The van der Waals surface area contributed by atoms with Gasteiger partial charge in [0, 0.05) is 5.39 Å². The molecule has 0 fully saturated rings. The van der Waals surface area contributed by atoms with Gasteiger partial charge in [0.2, 0.25) is 17.8 Å². The Balaban J connectivity index is 1.79. The van der Waals surface area contributed by atoms with E-state index in [9.17, 15) is 9.59 Å². The van der Waals surface area contributed by atoms with Gasteiger partial charge in [-0.25, -0.2) is 9.97 Å². The molecule has 1 aliphatic rings. The van der Waals surface area contributed by atoms with Crippen LogP contribution in [0, 0.1) is 19.8 Å². The van der Waals surface area contributed by atoms with Crippen molar-refractivity contribution in [2.45, 2.75) is 20.3 Å². The second-order valence-electron chi connectivity index (χ2n) is 5.88. The van der Waals surface area contributed by atoms with E-state index in [1.165, 1.54) is 7.11 Å². The van der Waals surface area contributed by atoms with Gasteiger partial charge in [0.1, 0.15) is 0 Å². The number of carbonyl (C=O) groups excluding carboxylic acids is 2. The fraction of sp³-hybridized carbons (Fsp3) is 0.353. The number of nitrogens with zero attached hydrogens (tertiary/aromatic N) is 3. The van der Waals surface area contributed by atoms with Crippen molar-refractivity contribution < 1.29 is 14.3 Å². The molecule has 2 N–H and O–H groups in total. The van der Waals surface area contributed by atoms with Crippen LogP contribution >= 0.6 is 0 Å². The lowest BCUT2D eigenvalue weighted by Crippen LogP contribution is -2.45. The van der Waals surface area contributed by atoms with Crippen molar-refractivity contribution in [1.29, 1.82) is 0 Å². The van der Waals surface area contributed by atoms with Crippen molar-refractivity contribution in [1.82, 2.24) is 15.3 Å². The van der Waals surface area contributed by atoms with E-state index >= 15 is 0 Å². The summed E-state index contributed by atoms with van der Waals surface area (Å²) < 4.78 is 4.59. The van der Waals surface area contributed by atoms with Crippen LogP contribution in [0.5, 0.6) is 0 Å². The van der Waals surface area contributed by atoms with E-state index in [-0.39, 0.29) is 24.8 Å². The molecule has 0 bridgehead atoms. The summed E-state index contributed by atoms with van der Waals surface area (Å²) in [6, 6.07) is 5.92. The zero-order chi connectivity index (χ0) is 18.0. The first-order valence-corrected chi connectivity index (χ1v) is 7.91. The number of rotatable bonds is 3. The Hall–Kier alpha value is -3.03. The Bertz CT molecular complexity index is 878. The molecule has 2 aromatic rings. The Morgan fingerprint density at radius 1 is 1.36 bits per heavy atom. The number of carbonyl (C=O) groups is 2. The van der Waals surface area contributed by atoms with Crippen LogP contribution in [-0.4, -0.2) is 41.5 Å². The molecule has 0 saturated carbocycles. The Labute approximate surface area is 144 Å². The van der Waals surface area contributed by atoms with Gasteiger partial charge in [0.25, 0.3) is 0 Å². The van der Waals surface area contributed by atoms with E-state index < -0.39 is 11.9 Å². The molecule has 1 unspecified atom stereocenters. The lowest BCUT2D eigenvalue weighted by atomic mass is 10.0. The van der Waals surface area contributed by atoms with Crippen molar-refractivity contribution in [3.05, 3.63) is 29.5 Å². The van der Waals surface area contributed by atoms with Crippen molar-refractivity contribution >= 4 is 34.7 Å². The number of aromatic nitrogens is 2. The van der Waals surface area contributed by atoms with Gasteiger partial charge >= 0.3 is 5.97 Å². The SMILES string of the molecule is COC(=O)CC1CN=C(Nc2nc(C)c3cccc(C)c3n2)NC1=O. The van der Waals surface area contributed by atoms with Gasteiger partial charge in [-0.15, -0.1) is 0 Å². The number of fused-ring (bicyclic) bond motifs is 1. The van der Waals surface area contributed by atoms with Crippen molar-refractivity contribution in [3.8, 4) is 0 Å². The standard InChI is InChI=1S/C17H19N5O3/c1-9-5-4-6-12-10(2)19-17(20-14(9)12)22-16-18-8-11(15(24)21-16)7-13(23)25-3/h4-6,11H,7-8H2,1-3H3,(H2,18,19,20,21,22,24). The molecule has 1 aliphatic heterocycles. The molecule has 1 amide bonds. The second-order valence-corrected chi connectivity index (χ2v) is 5.88. The van der Waals surface area contributed by atoms with E-state index in [1.807, 2.05) is 32.0 Å². The monoisotopic (exact) mass is 341 g/mol. The summed E-state index contributed by atoms with van der Waals surface area (Å²) in [6.07, 6.45) is 0.00386. The van der Waals surface area contributed by atoms with E-state index in [1.54, 1.807) is 0 Å². The number of hydrogen-bond acceptors (Lipinski definition) is 7. The zero-order valence-electron chi connectivity index (χ0n) is 14.3. The third-order valence-electron chi connectivity index (χ3n) is 4.07. The van der Waals surface area contributed by atoms with Crippen LogP contribution in [0.25, 0.3) is 10.9 Å². The fourth-order valence-electron chi connectivity index (χ4n) is 2.67. The number of aliphatic imine (C=N–C) groups is 1. The number of amides is 1. The number of para-hydroxylation sites is 1. The highest BCUT2D eigenvalue weighted by molar-refractivity contribution is 6.06. The molecule has 0 aliphatic carbocycles. The van der Waals surface area contributed by atoms with Gasteiger partial charge < -0.3 is 4.74 Å². The summed E-state index contributed by atoms with van der Waals surface area (Å²) in [5.74, 6) is -0.602. The van der Waals surface area contributed by atoms with E-state index in [0.717, 1.165) is 22.2 Å². The number of benzene rings is 1. The van der Waals surface area contributed by atoms with Crippen LogP contribution in [0.2, 0.25) is 0 Å². The maximum atomic E-state index is 12.1. The summed E-state index contributed by atoms with van der Waals surface area (Å²) in [4.78, 5) is 36.6. The van der Waals surface area contributed by atoms with Crippen molar-refractivity contribution in [2.75, 3.05) is 19.0 Å². The van der Waals surface area contributed by atoms with Gasteiger partial charge in [-0.2, -0.15) is 0 Å². The zero-order valence-corrected chi connectivity index (χ0v) is 14.3. The minimum atomic E-state index is -0.528. The molecular weight excluding hydrogens is 322 g/mol. The summed E-state index contributed by atoms with van der Waals surface area (Å²) in [6.45, 7) is 4.09. The second kappa shape index (κ2) is 6.84. The molecule has 0 saturated heterocycles. The Morgan fingerprint density at radius 2 is 2.16 bits per heavy atom. The number of aryl methyl sites for hydroxylation is 2. The number of esters is 1. The highest BCUT2D eigenvalue weighted by atomic mass is 16.5. The van der Waals surface area contributed by atoms with Gasteiger partial charge in [0.05, 0.1) is 37.2 Å². The molecule has 1 aromatic carbocycles. The first kappa shape index (κ1) is 16.8. The first-order chi connectivity index (χ1) is 12.0. The van der Waals surface area contributed by atoms with E-state index in [0.29, 0.717) is 5.95 Å². The Kier molecular flexibility index (Phi) is 4.60. The van der Waals surface area contributed by atoms with Crippen LogP contribution in [-0.2, 0) is 14.3 Å². The largest absolute Gasteiger partial charge is 0.469 e. The molecule has 0 radical (unpaired) electrons. The molecule has 3 rings (SSSR count). The molecule has 8 nitrogen and oxygen atoms in total. The summed E-state index contributed by atoms with van der Waals surface area (Å²) in [5.41, 5.74) is 2.73. The van der Waals surface area contributed by atoms with E-state index in [2.05, 4.69) is 30.3 Å². The predicted molar refractivity (Wildman–Crippen MR) is 93.2 cm³/mol. The third-order valence-corrected chi connectivity index (χ3v) is 4.07. The van der Waals surface area contributed by atoms with Gasteiger partial charge in [0.15, 0.2) is 0 Å². The molecule has 0 spiro atoms. The number of methoxy groups -OCH3 is 1. The van der Waals surface area contributed by atoms with Crippen LogP contribution in [0.1, 0.15) is 17.7 Å². The summed E-state index contributed by atoms with van der Waals surface area (Å²) in [5, 5.41) is 6.56. The number of ether oxygens (including phenoxy) is 1.